The number of nitriles is 1. The summed E-state index contributed by atoms with van der Waals surface area (Å²) in [5, 5.41) is 11.4. The first-order valence-corrected chi connectivity index (χ1v) is 7.31. The number of nitrogens with zero attached hydrogens (tertiary/aromatic N) is 3. The standard InChI is InChI=1S/C16H16N4O4/c1-10(2)8-19-14(22)15(23)20(16(19)24)9-13(21)18-12-6-4-3-5-11(12)7-17/h3-6,10H,8-9H2,1-2H3,(H,18,21). The minimum absolute atomic E-state index is 0.00184. The highest BCUT2D eigenvalue weighted by Crippen LogP contribution is 2.16. The van der Waals surface area contributed by atoms with Gasteiger partial charge in [0, 0.05) is 6.54 Å². The Morgan fingerprint density at radius 2 is 1.79 bits per heavy atom. The Hall–Kier alpha value is -3.21. The maximum atomic E-state index is 12.2. The van der Waals surface area contributed by atoms with Crippen LogP contribution in [0.3, 0.4) is 0 Å². The average molecular weight is 328 g/mol. The predicted molar refractivity (Wildman–Crippen MR) is 83.4 cm³/mol. The molecule has 1 N–H and O–H groups in total. The Morgan fingerprint density at radius 1 is 1.17 bits per heavy atom. The Balaban J connectivity index is 2.09. The summed E-state index contributed by atoms with van der Waals surface area (Å²) < 4.78 is 0. The minimum Gasteiger partial charge on any atom is -0.323 e. The van der Waals surface area contributed by atoms with Crippen LogP contribution in [0.25, 0.3) is 0 Å². The lowest BCUT2D eigenvalue weighted by molar-refractivity contribution is -0.143. The molecular weight excluding hydrogens is 312 g/mol. The number of hydrogen-bond donors (Lipinski definition) is 1. The summed E-state index contributed by atoms with van der Waals surface area (Å²) in [7, 11) is 0. The van der Waals surface area contributed by atoms with Crippen molar-refractivity contribution in [3.05, 3.63) is 29.8 Å². The van der Waals surface area contributed by atoms with E-state index in [-0.39, 0.29) is 23.7 Å². The van der Waals surface area contributed by atoms with Crippen LogP contribution in [0.1, 0.15) is 19.4 Å². The smallest absolute Gasteiger partial charge is 0.323 e. The third-order valence-corrected chi connectivity index (χ3v) is 3.31. The Kier molecular flexibility index (Phi) is 4.94. The van der Waals surface area contributed by atoms with E-state index in [1.165, 1.54) is 12.1 Å². The molecule has 0 atom stereocenters. The van der Waals surface area contributed by atoms with Gasteiger partial charge in [0.05, 0.1) is 11.3 Å². The van der Waals surface area contributed by atoms with Crippen LogP contribution >= 0.6 is 0 Å². The van der Waals surface area contributed by atoms with Crippen LogP contribution in [0.2, 0.25) is 0 Å². The molecule has 5 amide bonds. The Morgan fingerprint density at radius 3 is 2.42 bits per heavy atom. The van der Waals surface area contributed by atoms with Crippen molar-refractivity contribution in [1.82, 2.24) is 9.80 Å². The normalized spacial score (nSPS) is 14.3. The number of carbonyl (C=O) groups is 4. The number of anilines is 1. The maximum absolute atomic E-state index is 12.2. The van der Waals surface area contributed by atoms with E-state index in [0.29, 0.717) is 4.90 Å². The first-order chi connectivity index (χ1) is 11.3. The van der Waals surface area contributed by atoms with Crippen molar-refractivity contribution in [3.63, 3.8) is 0 Å². The molecule has 1 fully saturated rings. The number of hydrogen-bond acceptors (Lipinski definition) is 5. The first-order valence-electron chi connectivity index (χ1n) is 7.31. The van der Waals surface area contributed by atoms with E-state index in [2.05, 4.69) is 5.32 Å². The van der Waals surface area contributed by atoms with E-state index in [1.54, 1.807) is 26.0 Å². The van der Waals surface area contributed by atoms with E-state index >= 15 is 0 Å². The molecule has 2 rings (SSSR count). The monoisotopic (exact) mass is 328 g/mol. The zero-order valence-corrected chi connectivity index (χ0v) is 13.3. The number of urea groups is 1. The highest BCUT2D eigenvalue weighted by Gasteiger charge is 2.45. The molecule has 124 valence electrons. The van der Waals surface area contributed by atoms with Gasteiger partial charge in [-0.15, -0.1) is 0 Å². The van der Waals surface area contributed by atoms with Crippen LogP contribution in [0.15, 0.2) is 24.3 Å². The molecule has 1 aliphatic rings. The van der Waals surface area contributed by atoms with Gasteiger partial charge in [-0.1, -0.05) is 26.0 Å². The van der Waals surface area contributed by atoms with Crippen LogP contribution in [0.5, 0.6) is 0 Å². The largest absolute Gasteiger partial charge is 0.334 e. The molecule has 0 aliphatic carbocycles. The highest BCUT2D eigenvalue weighted by molar-refractivity contribution is 6.45. The first kappa shape index (κ1) is 17.1. The summed E-state index contributed by atoms with van der Waals surface area (Å²) in [5.41, 5.74) is 0.525. The molecule has 24 heavy (non-hydrogen) atoms. The molecule has 1 aliphatic heterocycles. The summed E-state index contributed by atoms with van der Waals surface area (Å²) >= 11 is 0. The van der Waals surface area contributed by atoms with Crippen molar-refractivity contribution in [1.29, 1.82) is 5.26 Å². The van der Waals surface area contributed by atoms with E-state index in [1.807, 2.05) is 6.07 Å². The maximum Gasteiger partial charge on any atom is 0.334 e. The van der Waals surface area contributed by atoms with Gasteiger partial charge in [-0.2, -0.15) is 5.26 Å². The number of rotatable bonds is 5. The third kappa shape index (κ3) is 3.41. The summed E-state index contributed by atoms with van der Waals surface area (Å²) in [5.74, 6) is -2.62. The summed E-state index contributed by atoms with van der Waals surface area (Å²) in [4.78, 5) is 49.4. The fraction of sp³-hybridized carbons (Fsp3) is 0.312. The summed E-state index contributed by atoms with van der Waals surface area (Å²) in [6, 6.07) is 7.45. The predicted octanol–water partition coefficient (Wildman–Crippen LogP) is 0.944. The van der Waals surface area contributed by atoms with Gasteiger partial charge in [-0.25, -0.2) is 9.69 Å². The number of imide groups is 2. The second kappa shape index (κ2) is 6.91. The van der Waals surface area contributed by atoms with E-state index in [0.717, 1.165) is 4.90 Å². The van der Waals surface area contributed by atoms with Crippen molar-refractivity contribution in [2.24, 2.45) is 5.92 Å². The lowest BCUT2D eigenvalue weighted by Gasteiger charge is -2.17. The number of para-hydroxylation sites is 1. The fourth-order valence-electron chi connectivity index (χ4n) is 2.24. The SMILES string of the molecule is CC(C)CN1C(=O)C(=O)N(CC(=O)Nc2ccccc2C#N)C1=O. The molecular formula is C16H16N4O4. The molecule has 0 aromatic heterocycles. The quantitative estimate of drug-likeness (QED) is 0.639. The zero-order valence-electron chi connectivity index (χ0n) is 13.3. The van der Waals surface area contributed by atoms with Gasteiger partial charge in [0.15, 0.2) is 0 Å². The van der Waals surface area contributed by atoms with Crippen LogP contribution < -0.4 is 5.32 Å². The molecule has 0 radical (unpaired) electrons. The molecule has 1 aromatic rings. The molecule has 8 nitrogen and oxygen atoms in total. The molecule has 0 saturated carbocycles. The summed E-state index contributed by atoms with van der Waals surface area (Å²) in [6.07, 6.45) is 0. The van der Waals surface area contributed by atoms with Gasteiger partial charge in [0.1, 0.15) is 12.6 Å². The van der Waals surface area contributed by atoms with E-state index < -0.39 is 30.3 Å². The Bertz CT molecular complexity index is 751. The molecule has 1 aromatic carbocycles. The number of carbonyl (C=O) groups excluding carboxylic acids is 4. The minimum atomic E-state index is -1.02. The van der Waals surface area contributed by atoms with Crippen molar-refractivity contribution < 1.29 is 19.2 Å². The van der Waals surface area contributed by atoms with Gasteiger partial charge in [0.25, 0.3) is 0 Å². The van der Waals surface area contributed by atoms with Gasteiger partial charge in [0.2, 0.25) is 5.91 Å². The van der Waals surface area contributed by atoms with Crippen molar-refractivity contribution >= 4 is 29.4 Å². The molecule has 0 unspecified atom stereocenters. The van der Waals surface area contributed by atoms with Gasteiger partial charge in [-0.3, -0.25) is 19.3 Å². The van der Waals surface area contributed by atoms with Gasteiger partial charge < -0.3 is 5.32 Å². The number of benzene rings is 1. The van der Waals surface area contributed by atoms with Crippen LogP contribution in [-0.2, 0) is 14.4 Å². The second-order valence-corrected chi connectivity index (χ2v) is 5.69. The van der Waals surface area contributed by atoms with Crippen molar-refractivity contribution in [2.45, 2.75) is 13.8 Å². The molecule has 8 heteroatoms. The Labute approximate surface area is 138 Å². The van der Waals surface area contributed by atoms with E-state index in [9.17, 15) is 19.2 Å². The number of nitrogens with one attached hydrogen (secondary N) is 1. The molecule has 1 heterocycles. The van der Waals surface area contributed by atoms with Crippen LogP contribution in [0.4, 0.5) is 10.5 Å². The molecule has 1 saturated heterocycles. The number of amides is 5. The third-order valence-electron chi connectivity index (χ3n) is 3.31. The van der Waals surface area contributed by atoms with E-state index in [4.69, 9.17) is 5.26 Å². The van der Waals surface area contributed by atoms with Crippen molar-refractivity contribution in [3.8, 4) is 6.07 Å². The topological polar surface area (TPSA) is 111 Å². The van der Waals surface area contributed by atoms with Crippen molar-refractivity contribution in [2.75, 3.05) is 18.4 Å². The zero-order chi connectivity index (χ0) is 17.9. The fourth-order valence-corrected chi connectivity index (χ4v) is 2.24. The lowest BCUT2D eigenvalue weighted by Crippen LogP contribution is -2.39. The second-order valence-electron chi connectivity index (χ2n) is 5.69. The van der Waals surface area contributed by atoms with Crippen LogP contribution in [-0.4, -0.2) is 46.6 Å². The highest BCUT2D eigenvalue weighted by atomic mass is 16.2. The average Bonchev–Trinajstić information content (AvgIpc) is 2.73. The van der Waals surface area contributed by atoms with Gasteiger partial charge >= 0.3 is 17.8 Å². The summed E-state index contributed by atoms with van der Waals surface area (Å²) in [6.45, 7) is 3.13. The lowest BCUT2D eigenvalue weighted by atomic mass is 10.2. The molecule has 0 bridgehead atoms. The molecule has 0 spiro atoms. The van der Waals surface area contributed by atoms with Crippen LogP contribution in [0, 0.1) is 17.2 Å². The van der Waals surface area contributed by atoms with Gasteiger partial charge in [-0.05, 0) is 18.1 Å².